The van der Waals surface area contributed by atoms with Crippen molar-refractivity contribution in [2.75, 3.05) is 18.1 Å². The van der Waals surface area contributed by atoms with Crippen LogP contribution < -0.4 is 4.90 Å². The molecule has 5 heteroatoms. The maximum Gasteiger partial charge on any atom is 0.242 e. The summed E-state index contributed by atoms with van der Waals surface area (Å²) in [7, 11) is 0. The van der Waals surface area contributed by atoms with Gasteiger partial charge < -0.3 is 4.74 Å². The van der Waals surface area contributed by atoms with Gasteiger partial charge in [0.15, 0.2) is 0 Å². The van der Waals surface area contributed by atoms with Crippen LogP contribution >= 0.6 is 12.4 Å². The maximum absolute atomic E-state index is 14.1. The minimum absolute atomic E-state index is 0. The zero-order chi connectivity index (χ0) is 20.8. The molecule has 0 bridgehead atoms. The summed E-state index contributed by atoms with van der Waals surface area (Å²) in [5, 5.41) is 0. The number of pyridine rings is 1. The first-order valence-corrected chi connectivity index (χ1v) is 10.7. The largest absolute Gasteiger partial charge is 0.382 e. The van der Waals surface area contributed by atoms with Crippen molar-refractivity contribution < 1.29 is 9.53 Å². The number of rotatable bonds is 9. The SMILES string of the molecule is CCOCCCCC1(Cc2ccncc2)C(=O)N(c2ccccc2)c2ccccc21.Cl. The number of fused-ring (bicyclic) bond motifs is 1. The highest BCUT2D eigenvalue weighted by atomic mass is 35.5. The predicted octanol–water partition coefficient (Wildman–Crippen LogP) is 5.87. The molecular weight excluding hydrogens is 408 g/mol. The van der Waals surface area contributed by atoms with Crippen LogP contribution in [0.25, 0.3) is 0 Å². The van der Waals surface area contributed by atoms with E-state index in [0.29, 0.717) is 6.42 Å². The van der Waals surface area contributed by atoms with Crippen LogP contribution in [0.2, 0.25) is 0 Å². The lowest BCUT2D eigenvalue weighted by Crippen LogP contribution is -2.40. The monoisotopic (exact) mass is 436 g/mol. The second-order valence-corrected chi connectivity index (χ2v) is 7.76. The first-order chi connectivity index (χ1) is 14.8. The molecule has 1 aliphatic heterocycles. The lowest BCUT2D eigenvalue weighted by Gasteiger charge is -2.29. The smallest absolute Gasteiger partial charge is 0.242 e. The van der Waals surface area contributed by atoms with Crippen molar-refractivity contribution in [3.05, 3.63) is 90.3 Å². The normalized spacial score (nSPS) is 17.3. The molecule has 4 rings (SSSR count). The minimum atomic E-state index is -0.583. The van der Waals surface area contributed by atoms with E-state index < -0.39 is 5.41 Å². The Kier molecular flexibility index (Phi) is 7.83. The van der Waals surface area contributed by atoms with E-state index in [1.807, 2.05) is 66.4 Å². The van der Waals surface area contributed by atoms with Crippen molar-refractivity contribution in [2.45, 2.75) is 38.0 Å². The standard InChI is InChI=1S/C26H28N2O2.ClH/c1-2-30-19-9-8-16-26(20-21-14-17-27-18-15-21)23-12-6-7-13-24(23)28(25(26)29)22-10-4-3-5-11-22;/h3-7,10-15,17-18H,2,8-9,16,19-20H2,1H3;1H. The Morgan fingerprint density at radius 2 is 1.65 bits per heavy atom. The summed E-state index contributed by atoms with van der Waals surface area (Å²) >= 11 is 0. The van der Waals surface area contributed by atoms with Crippen LogP contribution in [0.3, 0.4) is 0 Å². The average molecular weight is 437 g/mol. The van der Waals surface area contributed by atoms with Gasteiger partial charge in [0.1, 0.15) is 0 Å². The number of carbonyl (C=O) groups is 1. The fourth-order valence-electron chi connectivity index (χ4n) is 4.47. The minimum Gasteiger partial charge on any atom is -0.382 e. The second kappa shape index (κ2) is 10.6. The number of carbonyl (C=O) groups excluding carboxylic acids is 1. The van der Waals surface area contributed by atoms with E-state index in [-0.39, 0.29) is 18.3 Å². The summed E-state index contributed by atoms with van der Waals surface area (Å²) < 4.78 is 5.53. The van der Waals surface area contributed by atoms with Gasteiger partial charge in [-0.05, 0) is 74.1 Å². The third kappa shape index (κ3) is 4.65. The molecule has 0 N–H and O–H groups in total. The molecule has 1 atom stereocenters. The summed E-state index contributed by atoms with van der Waals surface area (Å²) in [5.41, 5.74) is 3.58. The van der Waals surface area contributed by atoms with E-state index in [4.69, 9.17) is 4.74 Å². The van der Waals surface area contributed by atoms with Crippen LogP contribution in [0.5, 0.6) is 0 Å². The Balaban J connectivity index is 0.00000272. The van der Waals surface area contributed by atoms with Gasteiger partial charge in [-0.1, -0.05) is 36.4 Å². The van der Waals surface area contributed by atoms with Crippen LogP contribution in [-0.4, -0.2) is 24.1 Å². The molecule has 162 valence electrons. The van der Waals surface area contributed by atoms with E-state index in [1.54, 1.807) is 12.4 Å². The summed E-state index contributed by atoms with van der Waals surface area (Å²) in [6.45, 7) is 3.48. The van der Waals surface area contributed by atoms with Crippen molar-refractivity contribution in [3.63, 3.8) is 0 Å². The molecule has 1 aliphatic rings. The quantitative estimate of drug-likeness (QED) is 0.394. The fraction of sp³-hybridized carbons (Fsp3) is 0.308. The average Bonchev–Trinajstić information content (AvgIpc) is 3.03. The maximum atomic E-state index is 14.1. The number of ether oxygens (including phenoxy) is 1. The molecule has 1 aromatic heterocycles. The Labute approximate surface area is 190 Å². The molecule has 2 heterocycles. The molecule has 0 spiro atoms. The molecule has 0 fully saturated rings. The number of nitrogens with zero attached hydrogens (tertiary/aromatic N) is 2. The Hall–Kier alpha value is -2.69. The van der Waals surface area contributed by atoms with Gasteiger partial charge in [-0.25, -0.2) is 0 Å². The zero-order valence-corrected chi connectivity index (χ0v) is 18.7. The highest BCUT2D eigenvalue weighted by Crippen LogP contribution is 2.49. The number of anilines is 2. The zero-order valence-electron chi connectivity index (χ0n) is 17.9. The van der Waals surface area contributed by atoms with E-state index in [9.17, 15) is 4.79 Å². The van der Waals surface area contributed by atoms with E-state index in [2.05, 4.69) is 17.1 Å². The van der Waals surface area contributed by atoms with Crippen molar-refractivity contribution >= 4 is 29.7 Å². The van der Waals surface area contributed by atoms with E-state index in [0.717, 1.165) is 55.0 Å². The second-order valence-electron chi connectivity index (χ2n) is 7.76. The van der Waals surface area contributed by atoms with Gasteiger partial charge in [0.25, 0.3) is 0 Å². The molecule has 0 saturated heterocycles. The topological polar surface area (TPSA) is 42.4 Å². The molecule has 4 nitrogen and oxygen atoms in total. The lowest BCUT2D eigenvalue weighted by atomic mass is 9.73. The number of halogens is 1. The Morgan fingerprint density at radius 1 is 0.935 bits per heavy atom. The third-order valence-electron chi connectivity index (χ3n) is 5.89. The molecule has 1 amide bonds. The molecule has 0 saturated carbocycles. The lowest BCUT2D eigenvalue weighted by molar-refractivity contribution is -0.122. The van der Waals surface area contributed by atoms with E-state index in [1.165, 1.54) is 0 Å². The van der Waals surface area contributed by atoms with Crippen LogP contribution in [0.1, 0.15) is 37.3 Å². The Bertz CT molecular complexity index is 981. The molecule has 31 heavy (non-hydrogen) atoms. The van der Waals surface area contributed by atoms with Crippen LogP contribution in [-0.2, 0) is 21.4 Å². The van der Waals surface area contributed by atoms with Crippen LogP contribution in [0.4, 0.5) is 11.4 Å². The number of para-hydroxylation sites is 2. The number of benzene rings is 2. The summed E-state index contributed by atoms with van der Waals surface area (Å²) in [6, 6.07) is 22.2. The predicted molar refractivity (Wildman–Crippen MR) is 127 cm³/mol. The molecular formula is C26H29ClN2O2. The van der Waals surface area contributed by atoms with Gasteiger partial charge in [-0.15, -0.1) is 12.4 Å². The first-order valence-electron chi connectivity index (χ1n) is 10.7. The number of amides is 1. The van der Waals surface area contributed by atoms with Gasteiger partial charge in [-0.3, -0.25) is 14.7 Å². The summed E-state index contributed by atoms with van der Waals surface area (Å²) in [6.07, 6.45) is 6.96. The van der Waals surface area contributed by atoms with Crippen molar-refractivity contribution in [1.82, 2.24) is 4.98 Å². The molecule has 1 unspecified atom stereocenters. The van der Waals surface area contributed by atoms with Gasteiger partial charge in [0.2, 0.25) is 5.91 Å². The van der Waals surface area contributed by atoms with Crippen LogP contribution in [0.15, 0.2) is 79.1 Å². The highest BCUT2D eigenvalue weighted by Gasteiger charge is 2.50. The van der Waals surface area contributed by atoms with Crippen molar-refractivity contribution in [3.8, 4) is 0 Å². The van der Waals surface area contributed by atoms with Crippen molar-refractivity contribution in [2.24, 2.45) is 0 Å². The summed E-state index contributed by atoms with van der Waals surface area (Å²) in [5.74, 6) is 0.156. The fourth-order valence-corrected chi connectivity index (χ4v) is 4.47. The molecule has 2 aromatic carbocycles. The number of aromatic nitrogens is 1. The van der Waals surface area contributed by atoms with Gasteiger partial charge >= 0.3 is 0 Å². The molecule has 0 aliphatic carbocycles. The third-order valence-corrected chi connectivity index (χ3v) is 5.89. The van der Waals surface area contributed by atoms with Gasteiger partial charge in [-0.2, -0.15) is 0 Å². The number of unbranched alkanes of at least 4 members (excludes halogenated alkanes) is 1. The van der Waals surface area contributed by atoms with Gasteiger partial charge in [0, 0.05) is 31.3 Å². The Morgan fingerprint density at radius 3 is 2.39 bits per heavy atom. The van der Waals surface area contributed by atoms with Crippen molar-refractivity contribution in [1.29, 1.82) is 0 Å². The highest BCUT2D eigenvalue weighted by molar-refractivity contribution is 6.13. The summed E-state index contributed by atoms with van der Waals surface area (Å²) in [4.78, 5) is 20.1. The molecule has 3 aromatic rings. The van der Waals surface area contributed by atoms with Gasteiger partial charge in [0.05, 0.1) is 11.1 Å². The number of hydrogen-bond acceptors (Lipinski definition) is 3. The van der Waals surface area contributed by atoms with E-state index >= 15 is 0 Å². The van der Waals surface area contributed by atoms with Crippen LogP contribution in [0, 0.1) is 0 Å². The number of hydrogen-bond donors (Lipinski definition) is 0. The molecule has 0 radical (unpaired) electrons. The first kappa shape index (κ1) is 23.0.